The van der Waals surface area contributed by atoms with Crippen LogP contribution in [0.25, 0.3) is 0 Å². The Labute approximate surface area is 231 Å². The third-order valence-electron chi connectivity index (χ3n) is 7.25. The van der Waals surface area contributed by atoms with Crippen molar-refractivity contribution in [3.8, 4) is 0 Å². The Bertz CT molecular complexity index is 1230. The first-order chi connectivity index (χ1) is 18.7. The standard InChI is InChI=1S/C32H40N2O5/c1-31(2,3)39-30(36)34(23-25-12-10-11-24(21-25)18-20-35)19-17-28-22-33-29(38-28)32(37,26-13-6-4-7-14-26)27-15-8-5-9-16-27/h4,6-7,10-14,20-22,27,37H,5,8-9,15-19,23H2,1-3H3. The predicted molar refractivity (Wildman–Crippen MR) is 149 cm³/mol. The van der Waals surface area contributed by atoms with Crippen molar-refractivity contribution in [2.75, 3.05) is 6.54 Å². The molecular formula is C32H40N2O5. The largest absolute Gasteiger partial charge is 0.444 e. The van der Waals surface area contributed by atoms with Crippen LogP contribution in [0, 0.1) is 5.92 Å². The second-order valence-electron chi connectivity index (χ2n) is 11.4. The zero-order chi connectivity index (χ0) is 27.9. The van der Waals surface area contributed by atoms with E-state index in [2.05, 4.69) is 4.98 Å². The van der Waals surface area contributed by atoms with Crippen LogP contribution in [0.3, 0.4) is 0 Å². The van der Waals surface area contributed by atoms with Gasteiger partial charge in [-0.2, -0.15) is 0 Å². The van der Waals surface area contributed by atoms with Gasteiger partial charge in [0.1, 0.15) is 17.6 Å². The predicted octanol–water partition coefficient (Wildman–Crippen LogP) is 6.21. The molecule has 1 atom stereocenters. The van der Waals surface area contributed by atoms with Gasteiger partial charge in [-0.05, 0) is 50.3 Å². The molecule has 0 aliphatic heterocycles. The van der Waals surface area contributed by atoms with Crippen LogP contribution in [0.2, 0.25) is 0 Å². The quantitative estimate of drug-likeness (QED) is 0.312. The molecule has 39 heavy (non-hydrogen) atoms. The molecule has 1 amide bonds. The zero-order valence-electron chi connectivity index (χ0n) is 23.3. The normalized spacial score (nSPS) is 15.9. The van der Waals surface area contributed by atoms with Crippen molar-refractivity contribution in [3.63, 3.8) is 0 Å². The Hall–Kier alpha value is -3.45. The number of ether oxygens (including phenoxy) is 1. The second-order valence-corrected chi connectivity index (χ2v) is 11.4. The molecule has 4 rings (SSSR count). The van der Waals surface area contributed by atoms with Gasteiger partial charge in [0.25, 0.3) is 0 Å². The van der Waals surface area contributed by atoms with E-state index in [9.17, 15) is 14.7 Å². The highest BCUT2D eigenvalue weighted by Crippen LogP contribution is 2.43. The summed E-state index contributed by atoms with van der Waals surface area (Å²) < 4.78 is 11.9. The number of carbonyl (C=O) groups is 2. The maximum atomic E-state index is 13.1. The molecular weight excluding hydrogens is 492 g/mol. The van der Waals surface area contributed by atoms with E-state index >= 15 is 0 Å². The Morgan fingerprint density at radius 2 is 1.79 bits per heavy atom. The van der Waals surface area contributed by atoms with Gasteiger partial charge < -0.3 is 24.0 Å². The highest BCUT2D eigenvalue weighted by Gasteiger charge is 2.44. The van der Waals surface area contributed by atoms with E-state index in [0.29, 0.717) is 37.6 Å². The fraction of sp³-hybridized carbons (Fsp3) is 0.469. The fourth-order valence-electron chi connectivity index (χ4n) is 5.32. The van der Waals surface area contributed by atoms with E-state index < -0.39 is 17.3 Å². The highest BCUT2D eigenvalue weighted by molar-refractivity contribution is 5.68. The number of nitrogens with zero attached hydrogens (tertiary/aromatic N) is 2. The number of oxazole rings is 1. The average molecular weight is 533 g/mol. The van der Waals surface area contributed by atoms with Gasteiger partial charge in [0.2, 0.25) is 5.89 Å². The molecule has 1 aromatic heterocycles. The van der Waals surface area contributed by atoms with Crippen LogP contribution >= 0.6 is 0 Å². The van der Waals surface area contributed by atoms with Crippen molar-refractivity contribution in [3.05, 3.63) is 89.1 Å². The van der Waals surface area contributed by atoms with Crippen LogP contribution in [0.4, 0.5) is 4.79 Å². The topological polar surface area (TPSA) is 92.9 Å². The summed E-state index contributed by atoms with van der Waals surface area (Å²) in [5.41, 5.74) is 0.656. The molecule has 2 aromatic carbocycles. The van der Waals surface area contributed by atoms with Crippen LogP contribution < -0.4 is 0 Å². The first kappa shape index (κ1) is 28.6. The Balaban J connectivity index is 1.54. The van der Waals surface area contributed by atoms with Gasteiger partial charge in [-0.3, -0.25) is 0 Å². The number of aldehydes is 1. The molecule has 208 valence electrons. The maximum absolute atomic E-state index is 13.1. The summed E-state index contributed by atoms with van der Waals surface area (Å²) in [6, 6.07) is 17.3. The molecule has 1 saturated carbocycles. The SMILES string of the molecule is CC(C)(C)OC(=O)N(CCc1cnc(C(O)(c2ccccc2)C2CCCCC2)o1)Cc1cccc(CC=O)c1. The van der Waals surface area contributed by atoms with Gasteiger partial charge in [-0.1, -0.05) is 73.9 Å². The summed E-state index contributed by atoms with van der Waals surface area (Å²) in [5.74, 6) is 0.927. The summed E-state index contributed by atoms with van der Waals surface area (Å²) in [5, 5.41) is 12.1. The number of hydrogen-bond donors (Lipinski definition) is 1. The molecule has 1 N–H and O–H groups in total. The summed E-state index contributed by atoms with van der Waals surface area (Å²) in [6.07, 6.45) is 8.00. The van der Waals surface area contributed by atoms with Crippen molar-refractivity contribution in [1.29, 1.82) is 0 Å². The number of rotatable bonds is 10. The zero-order valence-corrected chi connectivity index (χ0v) is 23.3. The van der Waals surface area contributed by atoms with Gasteiger partial charge >= 0.3 is 6.09 Å². The van der Waals surface area contributed by atoms with Crippen LogP contribution in [0.15, 0.2) is 65.2 Å². The summed E-state index contributed by atoms with van der Waals surface area (Å²) in [4.78, 5) is 30.3. The van der Waals surface area contributed by atoms with E-state index in [0.717, 1.165) is 48.7 Å². The van der Waals surface area contributed by atoms with Crippen LogP contribution in [-0.4, -0.2) is 39.5 Å². The second kappa shape index (κ2) is 12.6. The van der Waals surface area contributed by atoms with Crippen molar-refractivity contribution in [2.45, 2.75) is 83.5 Å². The van der Waals surface area contributed by atoms with Crippen LogP contribution in [0.1, 0.15) is 81.2 Å². The molecule has 0 saturated heterocycles. The molecule has 7 heteroatoms. The molecule has 1 aliphatic carbocycles. The third-order valence-corrected chi connectivity index (χ3v) is 7.25. The number of amides is 1. The molecule has 0 bridgehead atoms. The molecule has 3 aromatic rings. The molecule has 1 heterocycles. The van der Waals surface area contributed by atoms with Crippen molar-refractivity contribution in [2.24, 2.45) is 5.92 Å². The summed E-state index contributed by atoms with van der Waals surface area (Å²) in [6.45, 7) is 6.19. The summed E-state index contributed by atoms with van der Waals surface area (Å²) in [7, 11) is 0. The van der Waals surface area contributed by atoms with Crippen LogP contribution in [-0.2, 0) is 34.5 Å². The Morgan fingerprint density at radius 1 is 1.08 bits per heavy atom. The highest BCUT2D eigenvalue weighted by atomic mass is 16.6. The number of aromatic nitrogens is 1. The average Bonchev–Trinajstić information content (AvgIpc) is 3.40. The van der Waals surface area contributed by atoms with Crippen molar-refractivity contribution >= 4 is 12.4 Å². The van der Waals surface area contributed by atoms with E-state index in [1.165, 1.54) is 6.42 Å². The number of hydrogen-bond acceptors (Lipinski definition) is 6. The van der Waals surface area contributed by atoms with Crippen LogP contribution in [0.5, 0.6) is 0 Å². The lowest BCUT2D eigenvalue weighted by molar-refractivity contribution is -0.107. The third kappa shape index (κ3) is 7.35. The first-order valence-electron chi connectivity index (χ1n) is 13.9. The molecule has 1 aliphatic rings. The minimum absolute atomic E-state index is 0.0250. The number of benzene rings is 2. The van der Waals surface area contributed by atoms with Gasteiger partial charge in [0.15, 0.2) is 5.60 Å². The lowest BCUT2D eigenvalue weighted by Gasteiger charge is -2.36. The van der Waals surface area contributed by atoms with Crippen molar-refractivity contribution in [1.82, 2.24) is 9.88 Å². The molecule has 0 radical (unpaired) electrons. The lowest BCUT2D eigenvalue weighted by atomic mass is 9.73. The van der Waals surface area contributed by atoms with Gasteiger partial charge in [0.05, 0.1) is 6.20 Å². The van der Waals surface area contributed by atoms with E-state index in [1.54, 1.807) is 11.1 Å². The molecule has 1 unspecified atom stereocenters. The van der Waals surface area contributed by atoms with Gasteiger partial charge in [-0.25, -0.2) is 9.78 Å². The molecule has 0 spiro atoms. The summed E-state index contributed by atoms with van der Waals surface area (Å²) >= 11 is 0. The van der Waals surface area contributed by atoms with E-state index in [4.69, 9.17) is 9.15 Å². The lowest BCUT2D eigenvalue weighted by Crippen LogP contribution is -2.38. The Morgan fingerprint density at radius 3 is 2.49 bits per heavy atom. The van der Waals surface area contributed by atoms with Crippen molar-refractivity contribution < 1.29 is 23.8 Å². The minimum Gasteiger partial charge on any atom is -0.444 e. The number of carbonyl (C=O) groups excluding carboxylic acids is 2. The Kier molecular flexibility index (Phi) is 9.23. The van der Waals surface area contributed by atoms with Gasteiger partial charge in [0, 0.05) is 31.8 Å². The molecule has 1 fully saturated rings. The van der Waals surface area contributed by atoms with E-state index in [1.807, 2.05) is 75.4 Å². The first-order valence-corrected chi connectivity index (χ1v) is 13.9. The fourth-order valence-corrected chi connectivity index (χ4v) is 5.32. The van der Waals surface area contributed by atoms with Gasteiger partial charge in [-0.15, -0.1) is 0 Å². The smallest absolute Gasteiger partial charge is 0.410 e. The van der Waals surface area contributed by atoms with E-state index in [-0.39, 0.29) is 5.92 Å². The maximum Gasteiger partial charge on any atom is 0.410 e. The molecule has 7 nitrogen and oxygen atoms in total. The number of aliphatic hydroxyl groups is 1. The minimum atomic E-state index is -1.30. The monoisotopic (exact) mass is 532 g/mol.